The van der Waals surface area contributed by atoms with Gasteiger partial charge in [-0.2, -0.15) is 0 Å². The van der Waals surface area contributed by atoms with Crippen LogP contribution in [0.15, 0.2) is 11.3 Å². The fourth-order valence-electron chi connectivity index (χ4n) is 3.20. The Balaban J connectivity index is 2.64. The molecule has 1 rings (SSSR count). The highest BCUT2D eigenvalue weighted by atomic mass is 15.3. The van der Waals surface area contributed by atoms with Gasteiger partial charge in [0.25, 0.3) is 0 Å². The highest BCUT2D eigenvalue weighted by Gasteiger charge is 2.17. The number of aromatic nitrogens is 3. The molecule has 0 saturated carbocycles. The lowest BCUT2D eigenvalue weighted by Gasteiger charge is -2.30. The van der Waals surface area contributed by atoms with Crippen LogP contribution in [0.3, 0.4) is 0 Å². The standard InChI is InChI=1S/C19H39N7/c1-7-18-24-23-15-26(18)12-11-21-19(20-8-2)22-14-17(13-16(5)6)25(9-3)10-4/h15-17H,7-14H2,1-6H3,(H2,20,21,22). The smallest absolute Gasteiger partial charge is 0.191 e. The third kappa shape index (κ3) is 7.72. The molecule has 1 heterocycles. The number of nitrogens with one attached hydrogen (secondary N) is 2. The molecule has 0 amide bonds. The first-order valence-electron chi connectivity index (χ1n) is 10.2. The number of rotatable bonds is 12. The Labute approximate surface area is 159 Å². The Morgan fingerprint density at radius 3 is 2.50 bits per heavy atom. The van der Waals surface area contributed by atoms with Gasteiger partial charge in [-0.3, -0.25) is 9.89 Å². The van der Waals surface area contributed by atoms with Crippen LogP contribution in [0.4, 0.5) is 0 Å². The molecule has 0 aliphatic carbocycles. The Bertz CT molecular complexity index is 506. The number of nitrogens with zero attached hydrogens (tertiary/aromatic N) is 5. The van der Waals surface area contributed by atoms with Crippen molar-refractivity contribution in [3.63, 3.8) is 0 Å². The van der Waals surface area contributed by atoms with Crippen LogP contribution in [0.25, 0.3) is 0 Å². The van der Waals surface area contributed by atoms with Crippen molar-refractivity contribution in [3.8, 4) is 0 Å². The van der Waals surface area contributed by atoms with Crippen LogP contribution >= 0.6 is 0 Å². The van der Waals surface area contributed by atoms with Crippen molar-refractivity contribution in [2.75, 3.05) is 32.7 Å². The zero-order chi connectivity index (χ0) is 19.4. The molecule has 0 radical (unpaired) electrons. The molecule has 150 valence electrons. The van der Waals surface area contributed by atoms with Gasteiger partial charge in [-0.15, -0.1) is 10.2 Å². The van der Waals surface area contributed by atoms with E-state index in [0.29, 0.717) is 12.0 Å². The van der Waals surface area contributed by atoms with Crippen LogP contribution in [-0.2, 0) is 13.0 Å². The molecule has 1 unspecified atom stereocenters. The van der Waals surface area contributed by atoms with E-state index in [2.05, 4.69) is 71.8 Å². The summed E-state index contributed by atoms with van der Waals surface area (Å²) in [4.78, 5) is 7.37. The number of hydrogen-bond acceptors (Lipinski definition) is 4. The molecule has 0 aliphatic rings. The second-order valence-corrected chi connectivity index (χ2v) is 6.95. The fourth-order valence-corrected chi connectivity index (χ4v) is 3.20. The minimum atomic E-state index is 0.491. The lowest BCUT2D eigenvalue weighted by Crippen LogP contribution is -2.42. The molecule has 0 aliphatic heterocycles. The number of aliphatic imine (C=N–C) groups is 1. The summed E-state index contributed by atoms with van der Waals surface area (Å²) in [5, 5.41) is 14.9. The van der Waals surface area contributed by atoms with Gasteiger partial charge in [0.15, 0.2) is 5.96 Å². The van der Waals surface area contributed by atoms with Crippen molar-refractivity contribution in [3.05, 3.63) is 12.2 Å². The van der Waals surface area contributed by atoms with Crippen LogP contribution in [-0.4, -0.2) is 64.4 Å². The predicted molar refractivity (Wildman–Crippen MR) is 110 cm³/mol. The molecule has 0 aromatic carbocycles. The minimum absolute atomic E-state index is 0.491. The van der Waals surface area contributed by atoms with Crippen LogP contribution < -0.4 is 10.6 Å². The van der Waals surface area contributed by atoms with Gasteiger partial charge in [0.05, 0.1) is 6.54 Å². The van der Waals surface area contributed by atoms with Gasteiger partial charge in [-0.05, 0) is 32.4 Å². The van der Waals surface area contributed by atoms with E-state index in [9.17, 15) is 0 Å². The molecule has 26 heavy (non-hydrogen) atoms. The number of guanidine groups is 1. The molecule has 1 aromatic heterocycles. The van der Waals surface area contributed by atoms with E-state index in [4.69, 9.17) is 4.99 Å². The number of hydrogen-bond donors (Lipinski definition) is 2. The second-order valence-electron chi connectivity index (χ2n) is 6.95. The van der Waals surface area contributed by atoms with Gasteiger partial charge in [0.2, 0.25) is 0 Å². The highest BCUT2D eigenvalue weighted by molar-refractivity contribution is 5.79. The van der Waals surface area contributed by atoms with E-state index < -0.39 is 0 Å². The van der Waals surface area contributed by atoms with Gasteiger partial charge < -0.3 is 15.2 Å². The Morgan fingerprint density at radius 1 is 1.19 bits per heavy atom. The number of likely N-dealkylation sites (N-methyl/N-ethyl adjacent to an activating group) is 1. The van der Waals surface area contributed by atoms with Crippen LogP contribution in [0.1, 0.15) is 53.8 Å². The van der Waals surface area contributed by atoms with E-state index >= 15 is 0 Å². The van der Waals surface area contributed by atoms with Crippen molar-refractivity contribution in [2.45, 2.75) is 67.0 Å². The second kappa shape index (κ2) is 12.7. The summed E-state index contributed by atoms with van der Waals surface area (Å²) < 4.78 is 2.09. The molecule has 0 fully saturated rings. The zero-order valence-electron chi connectivity index (χ0n) is 17.6. The summed E-state index contributed by atoms with van der Waals surface area (Å²) in [6.45, 7) is 18.7. The zero-order valence-corrected chi connectivity index (χ0v) is 17.6. The maximum atomic E-state index is 4.86. The third-order valence-corrected chi connectivity index (χ3v) is 4.53. The van der Waals surface area contributed by atoms with Crippen molar-refractivity contribution >= 4 is 5.96 Å². The van der Waals surface area contributed by atoms with E-state index in [-0.39, 0.29) is 0 Å². The van der Waals surface area contributed by atoms with Gasteiger partial charge in [0.1, 0.15) is 12.2 Å². The molecule has 1 atom stereocenters. The molecule has 2 N–H and O–H groups in total. The molecule has 1 aromatic rings. The van der Waals surface area contributed by atoms with Gasteiger partial charge in [0, 0.05) is 32.1 Å². The van der Waals surface area contributed by atoms with E-state index in [1.165, 1.54) is 6.42 Å². The average molecular weight is 366 g/mol. The molecule has 0 bridgehead atoms. The molecule has 7 nitrogen and oxygen atoms in total. The Kier molecular flexibility index (Phi) is 10.9. The van der Waals surface area contributed by atoms with Crippen molar-refractivity contribution in [2.24, 2.45) is 10.9 Å². The van der Waals surface area contributed by atoms with Gasteiger partial charge in [-0.25, -0.2) is 0 Å². The maximum Gasteiger partial charge on any atom is 0.191 e. The van der Waals surface area contributed by atoms with Crippen LogP contribution in [0, 0.1) is 5.92 Å². The van der Waals surface area contributed by atoms with Gasteiger partial charge in [-0.1, -0.05) is 34.6 Å². The summed E-state index contributed by atoms with van der Waals surface area (Å²) in [7, 11) is 0. The fraction of sp³-hybridized carbons (Fsp3) is 0.842. The molecule has 0 spiro atoms. The molecular formula is C19H39N7. The van der Waals surface area contributed by atoms with Crippen molar-refractivity contribution in [1.29, 1.82) is 0 Å². The summed E-state index contributed by atoms with van der Waals surface area (Å²) in [5.41, 5.74) is 0. The number of aryl methyl sites for hydroxylation is 1. The van der Waals surface area contributed by atoms with E-state index in [1.54, 1.807) is 6.33 Å². The average Bonchev–Trinajstić information content (AvgIpc) is 3.07. The maximum absolute atomic E-state index is 4.86. The highest BCUT2D eigenvalue weighted by Crippen LogP contribution is 2.12. The van der Waals surface area contributed by atoms with Gasteiger partial charge >= 0.3 is 0 Å². The quantitative estimate of drug-likeness (QED) is 0.439. The third-order valence-electron chi connectivity index (χ3n) is 4.53. The monoisotopic (exact) mass is 365 g/mol. The Hall–Kier alpha value is -1.63. The topological polar surface area (TPSA) is 70.4 Å². The molecular weight excluding hydrogens is 326 g/mol. The van der Waals surface area contributed by atoms with Crippen LogP contribution in [0.5, 0.6) is 0 Å². The first kappa shape index (κ1) is 22.4. The first-order chi connectivity index (χ1) is 12.5. The Morgan fingerprint density at radius 2 is 1.92 bits per heavy atom. The minimum Gasteiger partial charge on any atom is -0.357 e. The normalized spacial score (nSPS) is 13.5. The van der Waals surface area contributed by atoms with Crippen LogP contribution in [0.2, 0.25) is 0 Å². The molecule has 0 saturated heterocycles. The van der Waals surface area contributed by atoms with E-state index in [0.717, 1.165) is 57.5 Å². The summed E-state index contributed by atoms with van der Waals surface area (Å²) >= 11 is 0. The first-order valence-corrected chi connectivity index (χ1v) is 10.2. The predicted octanol–water partition coefficient (Wildman–Crippen LogP) is 2.15. The lowest BCUT2D eigenvalue weighted by molar-refractivity contribution is 0.196. The molecule has 7 heteroatoms. The summed E-state index contributed by atoms with van der Waals surface area (Å²) in [6, 6.07) is 0.491. The summed E-state index contributed by atoms with van der Waals surface area (Å²) in [5.74, 6) is 2.58. The van der Waals surface area contributed by atoms with Crippen molar-refractivity contribution < 1.29 is 0 Å². The lowest BCUT2D eigenvalue weighted by atomic mass is 10.0. The van der Waals surface area contributed by atoms with Crippen molar-refractivity contribution in [1.82, 2.24) is 30.3 Å². The van der Waals surface area contributed by atoms with E-state index in [1.807, 2.05) is 0 Å². The largest absolute Gasteiger partial charge is 0.357 e. The SMILES string of the molecule is CCNC(=NCC(CC(C)C)N(CC)CC)NCCn1cnnc1CC. The summed E-state index contributed by atoms with van der Waals surface area (Å²) in [6.07, 6.45) is 3.86.